The monoisotopic (exact) mass is 342 g/mol. The first kappa shape index (κ1) is 14.8. The van der Waals surface area contributed by atoms with Gasteiger partial charge in [0.25, 0.3) is 0 Å². The number of carboxylic acid groups (broad SMARTS) is 1. The van der Waals surface area contributed by atoms with Gasteiger partial charge < -0.3 is 20.5 Å². The minimum Gasteiger partial charge on any atom is -0.479 e. The van der Waals surface area contributed by atoms with Crippen LogP contribution in [0.1, 0.15) is 12.0 Å². The summed E-state index contributed by atoms with van der Waals surface area (Å²) in [5, 5.41) is 14.4. The Labute approximate surface area is 124 Å². The third-order valence-corrected chi connectivity index (χ3v) is 3.71. The van der Waals surface area contributed by atoms with Crippen LogP contribution in [0.4, 0.5) is 10.5 Å². The predicted molar refractivity (Wildman–Crippen MR) is 76.8 cm³/mol. The summed E-state index contributed by atoms with van der Waals surface area (Å²) in [6.45, 7) is 2.16. The van der Waals surface area contributed by atoms with Crippen LogP contribution in [0.3, 0.4) is 0 Å². The van der Waals surface area contributed by atoms with Crippen LogP contribution in [0.15, 0.2) is 22.7 Å². The van der Waals surface area contributed by atoms with Gasteiger partial charge >= 0.3 is 12.0 Å². The molecule has 1 heterocycles. The number of anilines is 1. The lowest BCUT2D eigenvalue weighted by Gasteiger charge is -2.24. The summed E-state index contributed by atoms with van der Waals surface area (Å²) in [4.78, 5) is 23.3. The predicted octanol–water partition coefficient (Wildman–Crippen LogP) is 2.12. The fourth-order valence-corrected chi connectivity index (χ4v) is 2.50. The van der Waals surface area contributed by atoms with Crippen molar-refractivity contribution in [2.24, 2.45) is 0 Å². The first-order valence-electron chi connectivity index (χ1n) is 6.09. The molecule has 1 aromatic carbocycles. The first-order chi connectivity index (χ1) is 9.43. The van der Waals surface area contributed by atoms with Crippen molar-refractivity contribution >= 4 is 33.6 Å². The van der Waals surface area contributed by atoms with Gasteiger partial charge in [-0.1, -0.05) is 15.9 Å². The molecule has 0 aliphatic carbocycles. The number of carbonyl (C=O) groups is 2. The summed E-state index contributed by atoms with van der Waals surface area (Å²) in [7, 11) is 0. The molecule has 1 aliphatic rings. The minimum absolute atomic E-state index is 0.0188. The Morgan fingerprint density at radius 1 is 1.45 bits per heavy atom. The number of hydrogen-bond acceptors (Lipinski definition) is 3. The van der Waals surface area contributed by atoms with Crippen LogP contribution in [0.2, 0.25) is 0 Å². The number of aryl methyl sites for hydroxylation is 1. The lowest BCUT2D eigenvalue weighted by atomic mass is 9.99. The molecule has 2 amide bonds. The van der Waals surface area contributed by atoms with Gasteiger partial charge in [0.15, 0.2) is 5.54 Å². The molecule has 1 unspecified atom stereocenters. The van der Waals surface area contributed by atoms with Crippen LogP contribution < -0.4 is 10.6 Å². The summed E-state index contributed by atoms with van der Waals surface area (Å²) in [5.74, 6) is -1.09. The van der Waals surface area contributed by atoms with Crippen molar-refractivity contribution in [1.29, 1.82) is 0 Å². The van der Waals surface area contributed by atoms with E-state index in [-0.39, 0.29) is 13.0 Å². The molecule has 108 valence electrons. The summed E-state index contributed by atoms with van der Waals surface area (Å²) in [6.07, 6.45) is 0.259. The topological polar surface area (TPSA) is 87.7 Å². The molecule has 7 heteroatoms. The van der Waals surface area contributed by atoms with Crippen molar-refractivity contribution in [3.63, 3.8) is 0 Å². The Hall–Kier alpha value is -1.60. The van der Waals surface area contributed by atoms with Crippen LogP contribution in [0.25, 0.3) is 0 Å². The van der Waals surface area contributed by atoms with Gasteiger partial charge in [0.05, 0.1) is 6.61 Å². The van der Waals surface area contributed by atoms with Crippen molar-refractivity contribution in [3.05, 3.63) is 28.2 Å². The zero-order valence-corrected chi connectivity index (χ0v) is 12.5. The van der Waals surface area contributed by atoms with E-state index >= 15 is 0 Å². The van der Waals surface area contributed by atoms with Crippen LogP contribution in [-0.4, -0.2) is 35.9 Å². The van der Waals surface area contributed by atoms with Gasteiger partial charge in [0.2, 0.25) is 0 Å². The maximum atomic E-state index is 12.0. The minimum atomic E-state index is -1.34. The Morgan fingerprint density at radius 2 is 2.20 bits per heavy atom. The summed E-state index contributed by atoms with van der Waals surface area (Å²) in [6, 6.07) is 4.86. The van der Waals surface area contributed by atoms with Gasteiger partial charge in [-0.2, -0.15) is 0 Å². The van der Waals surface area contributed by atoms with E-state index in [1.807, 2.05) is 13.0 Å². The molecule has 3 N–H and O–H groups in total. The highest BCUT2D eigenvalue weighted by Crippen LogP contribution is 2.22. The Kier molecular flexibility index (Phi) is 4.29. The number of amides is 2. The zero-order valence-electron chi connectivity index (χ0n) is 10.9. The number of halogens is 1. The smallest absolute Gasteiger partial charge is 0.332 e. The molecule has 1 aliphatic heterocycles. The second-order valence-corrected chi connectivity index (χ2v) is 5.64. The van der Waals surface area contributed by atoms with E-state index < -0.39 is 17.5 Å². The van der Waals surface area contributed by atoms with Crippen molar-refractivity contribution in [2.45, 2.75) is 18.9 Å². The number of ether oxygens (including phenoxy) is 1. The average molecular weight is 343 g/mol. The number of rotatable bonds is 3. The summed E-state index contributed by atoms with van der Waals surface area (Å²) >= 11 is 3.34. The van der Waals surface area contributed by atoms with E-state index in [4.69, 9.17) is 4.74 Å². The maximum Gasteiger partial charge on any atom is 0.332 e. The van der Waals surface area contributed by atoms with E-state index in [0.717, 1.165) is 10.0 Å². The van der Waals surface area contributed by atoms with Crippen LogP contribution in [-0.2, 0) is 9.53 Å². The molecule has 6 nitrogen and oxygen atoms in total. The van der Waals surface area contributed by atoms with E-state index in [9.17, 15) is 14.7 Å². The quantitative estimate of drug-likeness (QED) is 0.785. The molecule has 0 bridgehead atoms. The number of carboxylic acids is 1. The Morgan fingerprint density at radius 3 is 2.75 bits per heavy atom. The molecular formula is C13H15BrN2O4. The standard InChI is InChI=1S/C13H15BrN2O4/c1-8-6-9(14)2-3-10(8)15-12(19)16-13(11(17)18)4-5-20-7-13/h2-3,6H,4-5,7H2,1H3,(H,17,18)(H2,15,16,19). The van der Waals surface area contributed by atoms with Gasteiger partial charge in [-0.25, -0.2) is 9.59 Å². The highest BCUT2D eigenvalue weighted by Gasteiger charge is 2.44. The third-order valence-electron chi connectivity index (χ3n) is 3.22. The van der Waals surface area contributed by atoms with Gasteiger partial charge in [0, 0.05) is 23.2 Å². The molecule has 1 atom stereocenters. The molecule has 20 heavy (non-hydrogen) atoms. The summed E-state index contributed by atoms with van der Waals surface area (Å²) in [5.41, 5.74) is 0.166. The van der Waals surface area contributed by atoms with E-state index in [2.05, 4.69) is 26.6 Å². The SMILES string of the molecule is Cc1cc(Br)ccc1NC(=O)NC1(C(=O)O)CCOC1. The molecule has 0 radical (unpaired) electrons. The largest absolute Gasteiger partial charge is 0.479 e. The van der Waals surface area contributed by atoms with Gasteiger partial charge in [0.1, 0.15) is 0 Å². The Balaban J connectivity index is 2.07. The van der Waals surface area contributed by atoms with E-state index in [1.165, 1.54) is 0 Å². The number of aliphatic carboxylic acids is 1. The molecule has 1 saturated heterocycles. The van der Waals surface area contributed by atoms with Gasteiger partial charge in [-0.15, -0.1) is 0 Å². The molecular weight excluding hydrogens is 328 g/mol. The van der Waals surface area contributed by atoms with Crippen molar-refractivity contribution < 1.29 is 19.4 Å². The fraction of sp³-hybridized carbons (Fsp3) is 0.385. The second kappa shape index (κ2) is 5.80. The molecule has 1 fully saturated rings. The highest BCUT2D eigenvalue weighted by atomic mass is 79.9. The van der Waals surface area contributed by atoms with E-state index in [0.29, 0.717) is 12.3 Å². The lowest BCUT2D eigenvalue weighted by Crippen LogP contribution is -2.56. The van der Waals surface area contributed by atoms with Crippen LogP contribution >= 0.6 is 15.9 Å². The normalized spacial score (nSPS) is 21.5. The van der Waals surface area contributed by atoms with E-state index in [1.54, 1.807) is 12.1 Å². The molecule has 1 aromatic rings. The van der Waals surface area contributed by atoms with Crippen molar-refractivity contribution in [1.82, 2.24) is 5.32 Å². The Bertz CT molecular complexity index is 541. The number of nitrogens with one attached hydrogen (secondary N) is 2. The number of benzene rings is 1. The first-order valence-corrected chi connectivity index (χ1v) is 6.89. The van der Waals surface area contributed by atoms with Crippen molar-refractivity contribution in [2.75, 3.05) is 18.5 Å². The number of hydrogen-bond donors (Lipinski definition) is 3. The molecule has 0 spiro atoms. The van der Waals surface area contributed by atoms with Crippen molar-refractivity contribution in [3.8, 4) is 0 Å². The summed E-state index contributed by atoms with van der Waals surface area (Å²) < 4.78 is 5.99. The molecule has 0 aromatic heterocycles. The third kappa shape index (κ3) is 3.10. The number of carbonyl (C=O) groups excluding carboxylic acids is 1. The maximum absolute atomic E-state index is 12.0. The van der Waals surface area contributed by atoms with Crippen LogP contribution in [0.5, 0.6) is 0 Å². The van der Waals surface area contributed by atoms with Gasteiger partial charge in [-0.05, 0) is 30.7 Å². The lowest BCUT2D eigenvalue weighted by molar-refractivity contribution is -0.144. The average Bonchev–Trinajstić information content (AvgIpc) is 2.82. The molecule has 0 saturated carbocycles. The zero-order chi connectivity index (χ0) is 14.8. The second-order valence-electron chi connectivity index (χ2n) is 4.73. The van der Waals surface area contributed by atoms with Gasteiger partial charge in [-0.3, -0.25) is 0 Å². The fourth-order valence-electron chi connectivity index (χ4n) is 2.02. The highest BCUT2D eigenvalue weighted by molar-refractivity contribution is 9.10. The van der Waals surface area contributed by atoms with Crippen LogP contribution in [0, 0.1) is 6.92 Å². The molecule has 2 rings (SSSR count). The number of urea groups is 1.